The van der Waals surface area contributed by atoms with E-state index in [1.807, 2.05) is 24.3 Å². The van der Waals surface area contributed by atoms with Crippen LogP contribution in [0, 0.1) is 5.82 Å². The fourth-order valence-electron chi connectivity index (χ4n) is 2.43. The van der Waals surface area contributed by atoms with Crippen LogP contribution in [0.25, 0.3) is 11.1 Å². The van der Waals surface area contributed by atoms with E-state index in [4.69, 9.17) is 0 Å². The molecule has 0 heterocycles. The Morgan fingerprint density at radius 3 is 2.71 bits per heavy atom. The number of rotatable bonds is 1. The van der Waals surface area contributed by atoms with E-state index in [0.29, 0.717) is 0 Å². The number of aliphatic hydroxyl groups excluding tert-OH is 1. The zero-order valence-electron chi connectivity index (χ0n) is 9.36. The van der Waals surface area contributed by atoms with E-state index in [1.54, 1.807) is 6.07 Å². The van der Waals surface area contributed by atoms with Crippen LogP contribution >= 0.6 is 0 Å². The molecule has 0 aromatic heterocycles. The minimum atomic E-state index is -0.362. The van der Waals surface area contributed by atoms with Crippen molar-refractivity contribution in [3.8, 4) is 11.1 Å². The van der Waals surface area contributed by atoms with Gasteiger partial charge in [0.1, 0.15) is 5.82 Å². The Balaban J connectivity index is 2.08. The van der Waals surface area contributed by atoms with Crippen molar-refractivity contribution >= 4 is 0 Å². The molecule has 17 heavy (non-hydrogen) atoms. The van der Waals surface area contributed by atoms with Crippen molar-refractivity contribution in [1.82, 2.24) is 0 Å². The van der Waals surface area contributed by atoms with Crippen LogP contribution in [-0.2, 0) is 6.42 Å². The quantitative estimate of drug-likeness (QED) is 0.792. The second-order valence-electron chi connectivity index (χ2n) is 4.48. The molecule has 2 heteroatoms. The zero-order valence-corrected chi connectivity index (χ0v) is 9.36. The first kappa shape index (κ1) is 10.5. The Morgan fingerprint density at radius 1 is 1.06 bits per heavy atom. The van der Waals surface area contributed by atoms with Crippen LogP contribution in [0.1, 0.15) is 23.7 Å². The highest BCUT2D eigenvalue weighted by atomic mass is 19.1. The molecular formula is C15H13FO. The predicted molar refractivity (Wildman–Crippen MR) is 65.1 cm³/mol. The molecule has 0 saturated heterocycles. The van der Waals surface area contributed by atoms with E-state index in [0.717, 1.165) is 29.5 Å². The average molecular weight is 228 g/mol. The van der Waals surface area contributed by atoms with Crippen LogP contribution in [0.4, 0.5) is 4.39 Å². The molecule has 0 saturated carbocycles. The monoisotopic (exact) mass is 228 g/mol. The minimum absolute atomic E-state index is 0.233. The molecule has 3 rings (SSSR count). The molecule has 0 aliphatic heterocycles. The van der Waals surface area contributed by atoms with Crippen molar-refractivity contribution in [2.75, 3.05) is 0 Å². The van der Waals surface area contributed by atoms with Crippen molar-refractivity contribution in [3.63, 3.8) is 0 Å². The molecule has 0 spiro atoms. The normalized spacial score (nSPS) is 18.1. The Kier molecular flexibility index (Phi) is 2.45. The molecule has 0 unspecified atom stereocenters. The summed E-state index contributed by atoms with van der Waals surface area (Å²) >= 11 is 0. The Hall–Kier alpha value is -1.67. The van der Waals surface area contributed by atoms with E-state index in [2.05, 4.69) is 0 Å². The van der Waals surface area contributed by atoms with Crippen LogP contribution in [-0.4, -0.2) is 5.11 Å². The molecule has 0 bridgehead atoms. The van der Waals surface area contributed by atoms with Crippen LogP contribution in [0.15, 0.2) is 42.5 Å². The van der Waals surface area contributed by atoms with Crippen molar-refractivity contribution in [1.29, 1.82) is 0 Å². The first-order chi connectivity index (χ1) is 8.24. The summed E-state index contributed by atoms with van der Waals surface area (Å²) in [6.45, 7) is 0. The van der Waals surface area contributed by atoms with Gasteiger partial charge in [0.25, 0.3) is 0 Å². The van der Waals surface area contributed by atoms with E-state index in [-0.39, 0.29) is 11.9 Å². The fraction of sp³-hybridized carbons (Fsp3) is 0.200. The number of hydrogen-bond donors (Lipinski definition) is 1. The highest BCUT2D eigenvalue weighted by molar-refractivity contribution is 5.65. The van der Waals surface area contributed by atoms with Crippen molar-refractivity contribution in [2.24, 2.45) is 0 Å². The molecule has 0 fully saturated rings. The van der Waals surface area contributed by atoms with Crippen molar-refractivity contribution < 1.29 is 9.50 Å². The predicted octanol–water partition coefficient (Wildman–Crippen LogP) is 3.47. The molecular weight excluding hydrogens is 215 g/mol. The molecule has 1 aliphatic rings. The summed E-state index contributed by atoms with van der Waals surface area (Å²) in [4.78, 5) is 0. The third-order valence-corrected chi connectivity index (χ3v) is 3.35. The van der Waals surface area contributed by atoms with Crippen LogP contribution in [0.2, 0.25) is 0 Å². The number of benzene rings is 2. The van der Waals surface area contributed by atoms with Gasteiger partial charge in [-0.05, 0) is 53.3 Å². The summed E-state index contributed by atoms with van der Waals surface area (Å²) < 4.78 is 13.2. The fourth-order valence-corrected chi connectivity index (χ4v) is 2.43. The van der Waals surface area contributed by atoms with Gasteiger partial charge in [0, 0.05) is 0 Å². The maximum atomic E-state index is 13.2. The standard InChI is InChI=1S/C15H13FO/c16-13-3-1-2-11(8-13)12-5-4-10-6-7-15(17)14(10)9-12/h1-5,8-9,15,17H,6-7H2/t15-/m0/s1. The van der Waals surface area contributed by atoms with Gasteiger partial charge in [0.05, 0.1) is 6.10 Å². The zero-order chi connectivity index (χ0) is 11.8. The Labute approximate surface area is 99.5 Å². The first-order valence-corrected chi connectivity index (χ1v) is 5.81. The van der Waals surface area contributed by atoms with Gasteiger partial charge in [-0.25, -0.2) is 4.39 Å². The molecule has 1 nitrogen and oxygen atoms in total. The number of halogens is 1. The van der Waals surface area contributed by atoms with E-state index < -0.39 is 0 Å². The highest BCUT2D eigenvalue weighted by Gasteiger charge is 2.20. The van der Waals surface area contributed by atoms with Gasteiger partial charge in [-0.2, -0.15) is 0 Å². The van der Waals surface area contributed by atoms with E-state index >= 15 is 0 Å². The number of hydrogen-bond acceptors (Lipinski definition) is 1. The van der Waals surface area contributed by atoms with Crippen molar-refractivity contribution in [3.05, 3.63) is 59.4 Å². The van der Waals surface area contributed by atoms with E-state index in [1.165, 1.54) is 17.7 Å². The van der Waals surface area contributed by atoms with Gasteiger partial charge in [0.2, 0.25) is 0 Å². The van der Waals surface area contributed by atoms with Crippen molar-refractivity contribution in [2.45, 2.75) is 18.9 Å². The van der Waals surface area contributed by atoms with Crippen LogP contribution in [0.5, 0.6) is 0 Å². The summed E-state index contributed by atoms with van der Waals surface area (Å²) in [7, 11) is 0. The van der Waals surface area contributed by atoms with Gasteiger partial charge < -0.3 is 5.11 Å². The third kappa shape index (κ3) is 1.85. The molecule has 2 aromatic carbocycles. The second-order valence-corrected chi connectivity index (χ2v) is 4.48. The molecule has 0 amide bonds. The van der Waals surface area contributed by atoms with Gasteiger partial charge >= 0.3 is 0 Å². The Bertz CT molecular complexity index is 563. The summed E-state index contributed by atoms with van der Waals surface area (Å²) in [5.41, 5.74) is 4.01. The lowest BCUT2D eigenvalue weighted by molar-refractivity contribution is 0.180. The largest absolute Gasteiger partial charge is 0.388 e. The molecule has 0 radical (unpaired) electrons. The van der Waals surface area contributed by atoms with Crippen LogP contribution < -0.4 is 0 Å². The minimum Gasteiger partial charge on any atom is -0.388 e. The van der Waals surface area contributed by atoms with Gasteiger partial charge in [0.15, 0.2) is 0 Å². The van der Waals surface area contributed by atoms with Gasteiger partial charge in [-0.15, -0.1) is 0 Å². The lowest BCUT2D eigenvalue weighted by Gasteiger charge is -2.07. The molecule has 1 atom stereocenters. The summed E-state index contributed by atoms with van der Waals surface area (Å²) in [5.74, 6) is -0.233. The first-order valence-electron chi connectivity index (χ1n) is 5.81. The Morgan fingerprint density at radius 2 is 1.88 bits per heavy atom. The SMILES string of the molecule is O[C@H]1CCc2ccc(-c3cccc(F)c3)cc21. The number of aliphatic hydroxyl groups is 1. The molecule has 2 aromatic rings. The summed E-state index contributed by atoms with van der Waals surface area (Å²) in [5, 5.41) is 9.83. The third-order valence-electron chi connectivity index (χ3n) is 3.35. The smallest absolute Gasteiger partial charge is 0.123 e. The summed E-state index contributed by atoms with van der Waals surface area (Å²) in [6.07, 6.45) is 1.36. The van der Waals surface area contributed by atoms with Gasteiger partial charge in [-0.1, -0.05) is 24.3 Å². The average Bonchev–Trinajstić information content (AvgIpc) is 2.71. The molecule has 1 N–H and O–H groups in total. The summed E-state index contributed by atoms with van der Waals surface area (Å²) in [6, 6.07) is 12.5. The van der Waals surface area contributed by atoms with Crippen LogP contribution in [0.3, 0.4) is 0 Å². The number of fused-ring (bicyclic) bond motifs is 1. The second kappa shape index (κ2) is 3.97. The molecule has 1 aliphatic carbocycles. The van der Waals surface area contributed by atoms with Gasteiger partial charge in [-0.3, -0.25) is 0 Å². The lowest BCUT2D eigenvalue weighted by atomic mass is 10.00. The lowest BCUT2D eigenvalue weighted by Crippen LogP contribution is -1.91. The molecule has 86 valence electrons. The van der Waals surface area contributed by atoms with E-state index in [9.17, 15) is 9.50 Å². The topological polar surface area (TPSA) is 20.2 Å². The highest BCUT2D eigenvalue weighted by Crippen LogP contribution is 2.34. The maximum absolute atomic E-state index is 13.2. The maximum Gasteiger partial charge on any atom is 0.123 e. The number of aryl methyl sites for hydroxylation is 1.